The van der Waals surface area contributed by atoms with Gasteiger partial charge in [-0.3, -0.25) is 0 Å². The first-order chi connectivity index (χ1) is 8.79. The number of rotatable bonds is 3. The second-order valence-corrected chi connectivity index (χ2v) is 3.73. The SMILES string of the molecule is N#CC(=CNc1ccc(O)cc1)c1ccccc1. The monoisotopic (exact) mass is 236 g/mol. The Morgan fingerprint density at radius 2 is 1.72 bits per heavy atom. The smallest absolute Gasteiger partial charge is 0.115 e. The maximum Gasteiger partial charge on any atom is 0.115 e. The van der Waals surface area contributed by atoms with Crippen LogP contribution in [-0.4, -0.2) is 5.11 Å². The van der Waals surface area contributed by atoms with Crippen LogP contribution in [0.2, 0.25) is 0 Å². The lowest BCUT2D eigenvalue weighted by Crippen LogP contribution is -1.90. The molecule has 0 radical (unpaired) electrons. The van der Waals surface area contributed by atoms with E-state index in [1.54, 1.807) is 30.5 Å². The summed E-state index contributed by atoms with van der Waals surface area (Å²) in [5.74, 6) is 0.216. The Labute approximate surface area is 106 Å². The summed E-state index contributed by atoms with van der Waals surface area (Å²) in [6.45, 7) is 0. The number of phenolic OH excluding ortho intramolecular Hbond substituents is 1. The average molecular weight is 236 g/mol. The molecule has 0 amide bonds. The van der Waals surface area contributed by atoms with Crippen LogP contribution in [0, 0.1) is 11.3 Å². The maximum absolute atomic E-state index is 9.16. The van der Waals surface area contributed by atoms with E-state index in [0.29, 0.717) is 5.57 Å². The lowest BCUT2D eigenvalue weighted by Gasteiger charge is -2.03. The summed E-state index contributed by atoms with van der Waals surface area (Å²) in [4.78, 5) is 0. The van der Waals surface area contributed by atoms with Gasteiger partial charge in [-0.2, -0.15) is 5.26 Å². The van der Waals surface area contributed by atoms with E-state index < -0.39 is 0 Å². The van der Waals surface area contributed by atoms with E-state index in [1.165, 1.54) is 0 Å². The average Bonchev–Trinajstić information content (AvgIpc) is 2.43. The van der Waals surface area contributed by atoms with Gasteiger partial charge in [-0.25, -0.2) is 0 Å². The number of aromatic hydroxyl groups is 1. The molecule has 0 saturated heterocycles. The molecule has 0 unspecified atom stereocenters. The van der Waals surface area contributed by atoms with E-state index in [4.69, 9.17) is 10.4 Å². The van der Waals surface area contributed by atoms with Gasteiger partial charge in [-0.15, -0.1) is 0 Å². The van der Waals surface area contributed by atoms with Gasteiger partial charge >= 0.3 is 0 Å². The van der Waals surface area contributed by atoms with Crippen LogP contribution < -0.4 is 5.32 Å². The Kier molecular flexibility index (Phi) is 3.62. The highest BCUT2D eigenvalue weighted by molar-refractivity contribution is 5.78. The summed E-state index contributed by atoms with van der Waals surface area (Å²) in [5.41, 5.74) is 2.24. The molecule has 0 heterocycles. The minimum absolute atomic E-state index is 0.216. The molecule has 3 nitrogen and oxygen atoms in total. The van der Waals surface area contributed by atoms with Crippen LogP contribution in [0.15, 0.2) is 60.8 Å². The number of phenols is 1. The molecule has 18 heavy (non-hydrogen) atoms. The molecule has 0 spiro atoms. The predicted octanol–water partition coefficient (Wildman–Crippen LogP) is 3.37. The molecule has 0 aliphatic rings. The van der Waals surface area contributed by atoms with Crippen molar-refractivity contribution in [3.05, 3.63) is 66.4 Å². The van der Waals surface area contributed by atoms with Crippen molar-refractivity contribution in [1.82, 2.24) is 0 Å². The van der Waals surface area contributed by atoms with Gasteiger partial charge in [-0.1, -0.05) is 30.3 Å². The van der Waals surface area contributed by atoms with E-state index in [9.17, 15) is 0 Å². The molecule has 0 aliphatic carbocycles. The van der Waals surface area contributed by atoms with Gasteiger partial charge < -0.3 is 10.4 Å². The lowest BCUT2D eigenvalue weighted by molar-refractivity contribution is 0.475. The molecule has 2 aromatic rings. The summed E-state index contributed by atoms with van der Waals surface area (Å²) in [6, 6.07) is 18.3. The van der Waals surface area contributed by atoms with E-state index in [1.807, 2.05) is 30.3 Å². The van der Waals surface area contributed by atoms with E-state index >= 15 is 0 Å². The number of allylic oxidation sites excluding steroid dienone is 1. The summed E-state index contributed by atoms with van der Waals surface area (Å²) < 4.78 is 0. The summed E-state index contributed by atoms with van der Waals surface area (Å²) in [5, 5.41) is 21.3. The second kappa shape index (κ2) is 5.55. The standard InChI is InChI=1S/C15H12N2O/c16-10-13(12-4-2-1-3-5-12)11-17-14-6-8-15(18)9-7-14/h1-9,11,17-18H. The summed E-state index contributed by atoms with van der Waals surface area (Å²) >= 11 is 0. The lowest BCUT2D eigenvalue weighted by atomic mass is 10.1. The number of hydrogen-bond donors (Lipinski definition) is 2. The molecule has 0 aromatic heterocycles. The molecule has 2 aromatic carbocycles. The zero-order valence-electron chi connectivity index (χ0n) is 9.67. The maximum atomic E-state index is 9.16. The first-order valence-electron chi connectivity index (χ1n) is 5.51. The molecule has 0 aliphatic heterocycles. The van der Waals surface area contributed by atoms with Crippen molar-refractivity contribution in [2.24, 2.45) is 0 Å². The van der Waals surface area contributed by atoms with Crippen molar-refractivity contribution in [3.63, 3.8) is 0 Å². The van der Waals surface area contributed by atoms with Gasteiger partial charge in [0.2, 0.25) is 0 Å². The largest absolute Gasteiger partial charge is 0.508 e. The van der Waals surface area contributed by atoms with E-state index in [2.05, 4.69) is 11.4 Å². The topological polar surface area (TPSA) is 56.0 Å². The molecular weight excluding hydrogens is 224 g/mol. The highest BCUT2D eigenvalue weighted by Gasteiger charge is 1.98. The number of benzene rings is 2. The molecule has 0 fully saturated rings. The molecule has 88 valence electrons. The van der Waals surface area contributed by atoms with E-state index in [-0.39, 0.29) is 5.75 Å². The molecule has 0 saturated carbocycles. The minimum Gasteiger partial charge on any atom is -0.508 e. The van der Waals surface area contributed by atoms with Crippen LogP contribution in [0.25, 0.3) is 5.57 Å². The molecule has 2 rings (SSSR count). The van der Waals surface area contributed by atoms with Gasteiger partial charge in [0.1, 0.15) is 11.8 Å². The van der Waals surface area contributed by atoms with Gasteiger partial charge in [-0.05, 0) is 29.8 Å². The second-order valence-electron chi connectivity index (χ2n) is 3.73. The zero-order chi connectivity index (χ0) is 12.8. The third-order valence-corrected chi connectivity index (χ3v) is 2.46. The minimum atomic E-state index is 0.216. The quantitative estimate of drug-likeness (QED) is 0.634. The van der Waals surface area contributed by atoms with Crippen molar-refractivity contribution in [1.29, 1.82) is 5.26 Å². The normalized spacial score (nSPS) is 10.7. The number of nitrogens with zero attached hydrogens (tertiary/aromatic N) is 1. The number of nitriles is 1. The fourth-order valence-corrected chi connectivity index (χ4v) is 1.51. The molecule has 0 atom stereocenters. The van der Waals surface area contributed by atoms with Crippen LogP contribution in [0.1, 0.15) is 5.56 Å². The Morgan fingerprint density at radius 3 is 2.33 bits per heavy atom. The van der Waals surface area contributed by atoms with Gasteiger partial charge in [0.05, 0.1) is 5.57 Å². The highest BCUT2D eigenvalue weighted by Crippen LogP contribution is 2.16. The van der Waals surface area contributed by atoms with E-state index in [0.717, 1.165) is 11.3 Å². The Morgan fingerprint density at radius 1 is 1.06 bits per heavy atom. The summed E-state index contributed by atoms with van der Waals surface area (Å²) in [6.07, 6.45) is 1.65. The predicted molar refractivity (Wildman–Crippen MR) is 71.8 cm³/mol. The fraction of sp³-hybridized carbons (Fsp3) is 0. The third-order valence-electron chi connectivity index (χ3n) is 2.46. The van der Waals surface area contributed by atoms with Crippen LogP contribution in [0.4, 0.5) is 5.69 Å². The first-order valence-corrected chi connectivity index (χ1v) is 5.51. The number of anilines is 1. The van der Waals surface area contributed by atoms with Crippen molar-refractivity contribution in [3.8, 4) is 11.8 Å². The van der Waals surface area contributed by atoms with Crippen molar-refractivity contribution in [2.75, 3.05) is 5.32 Å². The first kappa shape index (κ1) is 11.7. The van der Waals surface area contributed by atoms with Gasteiger partial charge in [0.25, 0.3) is 0 Å². The Balaban J connectivity index is 2.17. The molecule has 3 heteroatoms. The van der Waals surface area contributed by atoms with Crippen molar-refractivity contribution < 1.29 is 5.11 Å². The number of hydrogen-bond acceptors (Lipinski definition) is 3. The van der Waals surface area contributed by atoms with Gasteiger partial charge in [0, 0.05) is 11.9 Å². The van der Waals surface area contributed by atoms with Crippen molar-refractivity contribution >= 4 is 11.3 Å². The van der Waals surface area contributed by atoms with Crippen LogP contribution in [0.3, 0.4) is 0 Å². The van der Waals surface area contributed by atoms with Crippen LogP contribution in [0.5, 0.6) is 5.75 Å². The van der Waals surface area contributed by atoms with Crippen LogP contribution in [-0.2, 0) is 0 Å². The summed E-state index contributed by atoms with van der Waals surface area (Å²) in [7, 11) is 0. The Bertz CT molecular complexity index is 580. The molecule has 2 N–H and O–H groups in total. The highest BCUT2D eigenvalue weighted by atomic mass is 16.3. The van der Waals surface area contributed by atoms with Crippen LogP contribution >= 0.6 is 0 Å². The Hall–Kier alpha value is -2.73. The zero-order valence-corrected chi connectivity index (χ0v) is 9.67. The van der Waals surface area contributed by atoms with Gasteiger partial charge in [0.15, 0.2) is 0 Å². The number of nitrogens with one attached hydrogen (secondary N) is 1. The fourth-order valence-electron chi connectivity index (χ4n) is 1.51. The van der Waals surface area contributed by atoms with Crippen molar-refractivity contribution in [2.45, 2.75) is 0 Å². The third kappa shape index (κ3) is 2.89. The molecular formula is C15H12N2O. The molecule has 0 bridgehead atoms.